The minimum atomic E-state index is -0.415. The van der Waals surface area contributed by atoms with E-state index < -0.39 is 6.04 Å². The van der Waals surface area contributed by atoms with Crippen molar-refractivity contribution >= 4 is 45.8 Å². The van der Waals surface area contributed by atoms with E-state index in [0.717, 1.165) is 6.42 Å². The molecule has 3 rings (SSSR count). The number of benzene rings is 2. The van der Waals surface area contributed by atoms with Gasteiger partial charge in [-0.1, -0.05) is 49.2 Å². The fourth-order valence-electron chi connectivity index (χ4n) is 3.79. The number of ether oxygens (including phenoxy) is 1. The molecule has 7 nitrogen and oxygen atoms in total. The van der Waals surface area contributed by atoms with Crippen molar-refractivity contribution in [3.63, 3.8) is 0 Å². The number of hydrogen-bond acceptors (Lipinski definition) is 4. The molecule has 1 aromatic heterocycles. The van der Waals surface area contributed by atoms with E-state index in [1.54, 1.807) is 40.8 Å². The maximum Gasteiger partial charge on any atom is 0.322 e. The number of hydrogen-bond donors (Lipinski definition) is 1. The highest BCUT2D eigenvalue weighted by Crippen LogP contribution is 2.28. The van der Waals surface area contributed by atoms with E-state index in [-0.39, 0.29) is 11.6 Å². The smallest absolute Gasteiger partial charge is 0.322 e. The van der Waals surface area contributed by atoms with Gasteiger partial charge in [0.1, 0.15) is 5.82 Å². The number of nitrogens with one attached hydrogen (secondary N) is 1. The first-order valence-corrected chi connectivity index (χ1v) is 11.7. The minimum absolute atomic E-state index is 0.146. The standard InChI is InChI=1S/C24H28Cl2N4O3/c1-4-12-29(24(32)27-16-10-11-18(25)19(26)15-16)21(5-2)22-28-20-9-7-6-8-17(20)23(31)30(22)13-14-33-3/h6-11,15,21H,4-5,12-14H2,1-3H3,(H,27,32). The van der Waals surface area contributed by atoms with Gasteiger partial charge in [0.15, 0.2) is 0 Å². The molecule has 2 amide bonds. The lowest BCUT2D eigenvalue weighted by Crippen LogP contribution is -2.41. The van der Waals surface area contributed by atoms with Gasteiger partial charge >= 0.3 is 6.03 Å². The molecular formula is C24H28Cl2N4O3. The fraction of sp³-hybridized carbons (Fsp3) is 0.375. The highest BCUT2D eigenvalue weighted by atomic mass is 35.5. The molecule has 1 unspecified atom stereocenters. The number of anilines is 1. The summed E-state index contributed by atoms with van der Waals surface area (Å²) in [5, 5.41) is 4.20. The van der Waals surface area contributed by atoms with Crippen LogP contribution in [-0.4, -0.2) is 40.7 Å². The summed E-state index contributed by atoms with van der Waals surface area (Å²) in [5.74, 6) is 0.538. The summed E-state index contributed by atoms with van der Waals surface area (Å²) in [5.41, 5.74) is 0.993. The number of carbonyl (C=O) groups is 1. The molecule has 0 saturated heterocycles. The first-order valence-electron chi connectivity index (χ1n) is 10.9. The van der Waals surface area contributed by atoms with E-state index in [1.807, 2.05) is 32.0 Å². The lowest BCUT2D eigenvalue weighted by Gasteiger charge is -2.32. The Morgan fingerprint density at radius 2 is 1.94 bits per heavy atom. The van der Waals surface area contributed by atoms with E-state index in [4.69, 9.17) is 32.9 Å². The molecular weight excluding hydrogens is 463 g/mol. The molecule has 0 radical (unpaired) electrons. The lowest BCUT2D eigenvalue weighted by atomic mass is 10.1. The Morgan fingerprint density at radius 1 is 1.18 bits per heavy atom. The van der Waals surface area contributed by atoms with Gasteiger partial charge < -0.3 is 15.0 Å². The van der Waals surface area contributed by atoms with E-state index in [0.29, 0.717) is 58.6 Å². The molecule has 0 aliphatic heterocycles. The van der Waals surface area contributed by atoms with Crippen molar-refractivity contribution in [2.24, 2.45) is 0 Å². The number of para-hydroxylation sites is 1. The molecule has 33 heavy (non-hydrogen) atoms. The zero-order valence-corrected chi connectivity index (χ0v) is 20.5. The number of fused-ring (bicyclic) bond motifs is 1. The van der Waals surface area contributed by atoms with Gasteiger partial charge in [0.05, 0.1) is 40.1 Å². The summed E-state index contributed by atoms with van der Waals surface area (Å²) in [6.45, 7) is 5.15. The molecule has 1 N–H and O–H groups in total. The average molecular weight is 491 g/mol. The number of rotatable bonds is 9. The molecule has 0 saturated carbocycles. The van der Waals surface area contributed by atoms with Crippen LogP contribution in [-0.2, 0) is 11.3 Å². The number of aromatic nitrogens is 2. The lowest BCUT2D eigenvalue weighted by molar-refractivity contribution is 0.169. The van der Waals surface area contributed by atoms with Crippen molar-refractivity contribution in [3.8, 4) is 0 Å². The van der Waals surface area contributed by atoms with Gasteiger partial charge in [-0.2, -0.15) is 0 Å². The van der Waals surface area contributed by atoms with Crippen LogP contribution in [0.2, 0.25) is 10.0 Å². The average Bonchev–Trinajstić information content (AvgIpc) is 2.81. The molecule has 1 heterocycles. The van der Waals surface area contributed by atoms with E-state index in [9.17, 15) is 9.59 Å². The highest BCUT2D eigenvalue weighted by molar-refractivity contribution is 6.42. The van der Waals surface area contributed by atoms with Crippen LogP contribution in [0, 0.1) is 0 Å². The first kappa shape index (κ1) is 25.0. The number of halogens is 2. The Hall–Kier alpha value is -2.61. The third-order valence-electron chi connectivity index (χ3n) is 5.37. The third kappa shape index (κ3) is 5.66. The maximum absolute atomic E-state index is 13.3. The van der Waals surface area contributed by atoms with Crippen molar-refractivity contribution in [3.05, 3.63) is 68.7 Å². The minimum Gasteiger partial charge on any atom is -0.383 e. The molecule has 0 bridgehead atoms. The number of carbonyl (C=O) groups excluding carboxylic acids is 1. The highest BCUT2D eigenvalue weighted by Gasteiger charge is 2.28. The van der Waals surface area contributed by atoms with Gasteiger partial charge in [-0.3, -0.25) is 9.36 Å². The van der Waals surface area contributed by atoms with Crippen molar-refractivity contribution in [1.82, 2.24) is 14.5 Å². The van der Waals surface area contributed by atoms with Crippen molar-refractivity contribution in [2.45, 2.75) is 39.3 Å². The van der Waals surface area contributed by atoms with E-state index in [2.05, 4.69) is 5.32 Å². The van der Waals surface area contributed by atoms with Gasteiger partial charge in [-0.25, -0.2) is 9.78 Å². The van der Waals surface area contributed by atoms with Crippen LogP contribution < -0.4 is 10.9 Å². The van der Waals surface area contributed by atoms with E-state index >= 15 is 0 Å². The van der Waals surface area contributed by atoms with Crippen LogP contribution in [0.4, 0.5) is 10.5 Å². The molecule has 1 atom stereocenters. The Balaban J connectivity index is 2.05. The fourth-order valence-corrected chi connectivity index (χ4v) is 4.09. The number of amides is 2. The summed E-state index contributed by atoms with van der Waals surface area (Å²) in [6, 6.07) is 11.5. The normalized spacial score (nSPS) is 12.0. The summed E-state index contributed by atoms with van der Waals surface area (Å²) in [6.07, 6.45) is 1.31. The predicted molar refractivity (Wildman–Crippen MR) is 133 cm³/mol. The second-order valence-electron chi connectivity index (χ2n) is 7.61. The molecule has 9 heteroatoms. The maximum atomic E-state index is 13.3. The molecule has 0 aliphatic carbocycles. The first-order chi connectivity index (χ1) is 15.9. The van der Waals surface area contributed by atoms with Crippen molar-refractivity contribution in [1.29, 1.82) is 0 Å². The zero-order chi connectivity index (χ0) is 24.0. The van der Waals surface area contributed by atoms with Gasteiger partial charge in [0, 0.05) is 19.3 Å². The topological polar surface area (TPSA) is 76.5 Å². The third-order valence-corrected chi connectivity index (χ3v) is 6.11. The van der Waals surface area contributed by atoms with Crippen LogP contribution in [0.25, 0.3) is 10.9 Å². The van der Waals surface area contributed by atoms with Crippen LogP contribution in [0.5, 0.6) is 0 Å². The SMILES string of the molecule is CCCN(C(=O)Nc1ccc(Cl)c(Cl)c1)C(CC)c1nc2ccccc2c(=O)n1CCOC. The summed E-state index contributed by atoms with van der Waals surface area (Å²) < 4.78 is 6.85. The van der Waals surface area contributed by atoms with Crippen LogP contribution in [0.1, 0.15) is 38.6 Å². The molecule has 0 fully saturated rings. The second kappa shape index (κ2) is 11.5. The van der Waals surface area contributed by atoms with E-state index in [1.165, 1.54) is 0 Å². The van der Waals surface area contributed by atoms with Crippen LogP contribution >= 0.6 is 23.2 Å². The molecule has 3 aromatic rings. The predicted octanol–water partition coefficient (Wildman–Crippen LogP) is 5.74. The second-order valence-corrected chi connectivity index (χ2v) is 8.43. The number of methoxy groups -OCH3 is 1. The summed E-state index contributed by atoms with van der Waals surface area (Å²) >= 11 is 12.1. The van der Waals surface area contributed by atoms with Gasteiger partial charge in [-0.15, -0.1) is 0 Å². The molecule has 0 aliphatic rings. The van der Waals surface area contributed by atoms with Crippen LogP contribution in [0.3, 0.4) is 0 Å². The molecule has 2 aromatic carbocycles. The van der Waals surface area contributed by atoms with Gasteiger partial charge in [0.25, 0.3) is 5.56 Å². The van der Waals surface area contributed by atoms with Crippen LogP contribution in [0.15, 0.2) is 47.3 Å². The number of nitrogens with zero attached hydrogens (tertiary/aromatic N) is 3. The molecule has 176 valence electrons. The van der Waals surface area contributed by atoms with Crippen molar-refractivity contribution in [2.75, 3.05) is 25.6 Å². The Morgan fingerprint density at radius 3 is 2.61 bits per heavy atom. The summed E-state index contributed by atoms with van der Waals surface area (Å²) in [7, 11) is 1.59. The largest absolute Gasteiger partial charge is 0.383 e. The summed E-state index contributed by atoms with van der Waals surface area (Å²) in [4.78, 5) is 33.2. The molecule has 0 spiro atoms. The Kier molecular flexibility index (Phi) is 8.72. The van der Waals surface area contributed by atoms with Gasteiger partial charge in [-0.05, 0) is 43.2 Å². The van der Waals surface area contributed by atoms with Gasteiger partial charge in [0.2, 0.25) is 0 Å². The quantitative estimate of drug-likeness (QED) is 0.414. The Labute approximate surface area is 203 Å². The monoisotopic (exact) mass is 490 g/mol. The zero-order valence-electron chi connectivity index (χ0n) is 19.0. The number of urea groups is 1. The van der Waals surface area contributed by atoms with Crippen molar-refractivity contribution < 1.29 is 9.53 Å². The Bertz CT molecular complexity index is 1180.